The summed E-state index contributed by atoms with van der Waals surface area (Å²) in [6.45, 7) is 2.89. The van der Waals surface area contributed by atoms with Gasteiger partial charge >= 0.3 is 0 Å². The number of nitrogens with zero attached hydrogens (tertiary/aromatic N) is 1. The highest BCUT2D eigenvalue weighted by molar-refractivity contribution is 6.04. The smallest absolute Gasteiger partial charge is 0.255 e. The minimum Gasteiger partial charge on any atom is -0.493 e. The SMILES string of the molecule is COc1cc(C(=O)Nc2ccc(N3CCOCC3)cc2)ccc1OCC(N)=O. The second-order valence-corrected chi connectivity index (χ2v) is 6.22. The molecule has 2 aromatic rings. The Morgan fingerprint density at radius 3 is 2.46 bits per heavy atom. The van der Waals surface area contributed by atoms with Gasteiger partial charge in [-0.3, -0.25) is 9.59 Å². The first-order valence-electron chi connectivity index (χ1n) is 8.90. The summed E-state index contributed by atoms with van der Waals surface area (Å²) in [4.78, 5) is 25.6. The first-order valence-corrected chi connectivity index (χ1v) is 8.90. The summed E-state index contributed by atoms with van der Waals surface area (Å²) in [5.74, 6) is -0.187. The van der Waals surface area contributed by atoms with Gasteiger partial charge in [0.05, 0.1) is 20.3 Å². The molecule has 1 fully saturated rings. The Labute approximate surface area is 163 Å². The molecule has 28 heavy (non-hydrogen) atoms. The molecule has 1 aliphatic heterocycles. The number of anilines is 2. The fourth-order valence-electron chi connectivity index (χ4n) is 2.86. The Bertz CT molecular complexity index is 832. The highest BCUT2D eigenvalue weighted by Gasteiger charge is 2.14. The van der Waals surface area contributed by atoms with Gasteiger partial charge in [-0.25, -0.2) is 0 Å². The van der Waals surface area contributed by atoms with Crippen molar-refractivity contribution >= 4 is 23.2 Å². The van der Waals surface area contributed by atoms with Crippen molar-refractivity contribution in [1.29, 1.82) is 0 Å². The number of primary amides is 1. The van der Waals surface area contributed by atoms with Crippen LogP contribution < -0.4 is 25.4 Å². The van der Waals surface area contributed by atoms with E-state index in [4.69, 9.17) is 19.9 Å². The molecule has 0 atom stereocenters. The van der Waals surface area contributed by atoms with Gasteiger partial charge in [0.1, 0.15) is 0 Å². The van der Waals surface area contributed by atoms with Crippen LogP contribution in [0.4, 0.5) is 11.4 Å². The number of nitrogens with one attached hydrogen (secondary N) is 1. The van der Waals surface area contributed by atoms with Crippen LogP contribution in [0.2, 0.25) is 0 Å². The number of benzene rings is 2. The molecular formula is C20H23N3O5. The highest BCUT2D eigenvalue weighted by atomic mass is 16.5. The van der Waals surface area contributed by atoms with E-state index in [1.54, 1.807) is 18.2 Å². The predicted molar refractivity (Wildman–Crippen MR) is 105 cm³/mol. The molecular weight excluding hydrogens is 362 g/mol. The lowest BCUT2D eigenvalue weighted by molar-refractivity contribution is -0.119. The van der Waals surface area contributed by atoms with Crippen LogP contribution in [0.3, 0.4) is 0 Å². The van der Waals surface area contributed by atoms with E-state index in [-0.39, 0.29) is 12.5 Å². The number of amides is 2. The molecule has 148 valence electrons. The van der Waals surface area contributed by atoms with E-state index in [0.29, 0.717) is 22.7 Å². The molecule has 0 bridgehead atoms. The van der Waals surface area contributed by atoms with Crippen LogP contribution in [0.25, 0.3) is 0 Å². The number of nitrogens with two attached hydrogens (primary N) is 1. The van der Waals surface area contributed by atoms with Crippen LogP contribution in [-0.2, 0) is 9.53 Å². The average molecular weight is 385 g/mol. The summed E-state index contributed by atoms with van der Waals surface area (Å²) in [6, 6.07) is 12.4. The third-order valence-corrected chi connectivity index (χ3v) is 4.30. The van der Waals surface area contributed by atoms with Gasteiger partial charge in [-0.2, -0.15) is 0 Å². The van der Waals surface area contributed by atoms with Crippen LogP contribution in [0.15, 0.2) is 42.5 Å². The van der Waals surface area contributed by atoms with E-state index in [2.05, 4.69) is 10.2 Å². The van der Waals surface area contributed by atoms with Gasteiger partial charge < -0.3 is 30.2 Å². The number of hydrogen-bond acceptors (Lipinski definition) is 6. The molecule has 0 aliphatic carbocycles. The molecule has 0 spiro atoms. The second-order valence-electron chi connectivity index (χ2n) is 6.22. The fourth-order valence-corrected chi connectivity index (χ4v) is 2.86. The van der Waals surface area contributed by atoms with Crippen molar-refractivity contribution in [2.45, 2.75) is 0 Å². The first kappa shape index (κ1) is 19.5. The van der Waals surface area contributed by atoms with E-state index < -0.39 is 5.91 Å². The molecule has 1 saturated heterocycles. The van der Waals surface area contributed by atoms with Gasteiger partial charge in [0.2, 0.25) is 0 Å². The van der Waals surface area contributed by atoms with Crippen molar-refractivity contribution in [2.75, 3.05) is 50.2 Å². The summed E-state index contributed by atoms with van der Waals surface area (Å²) >= 11 is 0. The zero-order chi connectivity index (χ0) is 19.9. The Balaban J connectivity index is 1.66. The molecule has 3 N–H and O–H groups in total. The van der Waals surface area contributed by atoms with Crippen LogP contribution in [0, 0.1) is 0 Å². The molecule has 0 unspecified atom stereocenters. The predicted octanol–water partition coefficient (Wildman–Crippen LogP) is 1.65. The number of morpholine rings is 1. The number of carbonyl (C=O) groups is 2. The van der Waals surface area contributed by atoms with Gasteiger partial charge in [0, 0.05) is 30.0 Å². The fraction of sp³-hybridized carbons (Fsp3) is 0.300. The van der Waals surface area contributed by atoms with E-state index >= 15 is 0 Å². The number of methoxy groups -OCH3 is 1. The van der Waals surface area contributed by atoms with Crippen molar-refractivity contribution in [1.82, 2.24) is 0 Å². The lowest BCUT2D eigenvalue weighted by atomic mass is 10.1. The molecule has 0 aromatic heterocycles. The van der Waals surface area contributed by atoms with Crippen molar-refractivity contribution in [3.8, 4) is 11.5 Å². The van der Waals surface area contributed by atoms with Crippen LogP contribution >= 0.6 is 0 Å². The molecule has 8 nitrogen and oxygen atoms in total. The Morgan fingerprint density at radius 1 is 1.11 bits per heavy atom. The zero-order valence-corrected chi connectivity index (χ0v) is 15.6. The van der Waals surface area contributed by atoms with Gasteiger partial charge in [-0.05, 0) is 42.5 Å². The van der Waals surface area contributed by atoms with Gasteiger partial charge in [0.25, 0.3) is 11.8 Å². The Kier molecular flexibility index (Phi) is 6.33. The number of ether oxygens (including phenoxy) is 3. The zero-order valence-electron chi connectivity index (χ0n) is 15.6. The molecule has 1 aliphatic rings. The number of hydrogen-bond donors (Lipinski definition) is 2. The second kappa shape index (κ2) is 9.09. The summed E-state index contributed by atoms with van der Waals surface area (Å²) in [6.07, 6.45) is 0. The maximum atomic E-state index is 12.5. The normalized spacial score (nSPS) is 13.7. The molecule has 8 heteroatoms. The molecule has 3 rings (SSSR count). The lowest BCUT2D eigenvalue weighted by Crippen LogP contribution is -2.36. The molecule has 2 amide bonds. The molecule has 2 aromatic carbocycles. The maximum Gasteiger partial charge on any atom is 0.255 e. The van der Waals surface area contributed by atoms with E-state index in [1.165, 1.54) is 7.11 Å². The van der Waals surface area contributed by atoms with Crippen LogP contribution in [0.1, 0.15) is 10.4 Å². The van der Waals surface area contributed by atoms with Crippen LogP contribution in [-0.4, -0.2) is 51.8 Å². The van der Waals surface area contributed by atoms with Gasteiger partial charge in [-0.15, -0.1) is 0 Å². The minimum atomic E-state index is -0.593. The van der Waals surface area contributed by atoms with E-state index in [9.17, 15) is 9.59 Å². The topological polar surface area (TPSA) is 103 Å². The molecule has 0 saturated carbocycles. The molecule has 0 radical (unpaired) electrons. The van der Waals surface area contributed by atoms with Crippen LogP contribution in [0.5, 0.6) is 11.5 Å². The number of rotatable bonds is 7. The summed E-state index contributed by atoms with van der Waals surface area (Å²) in [5, 5.41) is 2.86. The van der Waals surface area contributed by atoms with E-state index in [1.807, 2.05) is 24.3 Å². The third kappa shape index (κ3) is 4.92. The van der Waals surface area contributed by atoms with Crippen molar-refractivity contribution in [3.63, 3.8) is 0 Å². The van der Waals surface area contributed by atoms with Crippen molar-refractivity contribution in [2.24, 2.45) is 5.73 Å². The Morgan fingerprint density at radius 2 is 1.82 bits per heavy atom. The largest absolute Gasteiger partial charge is 0.493 e. The lowest BCUT2D eigenvalue weighted by Gasteiger charge is -2.28. The summed E-state index contributed by atoms with van der Waals surface area (Å²) in [5.41, 5.74) is 7.27. The minimum absolute atomic E-state index is 0.266. The standard InChI is InChI=1S/C20H23N3O5/c1-26-18-12-14(2-7-17(18)28-13-19(21)24)20(25)22-15-3-5-16(6-4-15)23-8-10-27-11-9-23/h2-7,12H,8-11,13H2,1H3,(H2,21,24)(H,22,25). The Hall–Kier alpha value is -3.26. The van der Waals surface area contributed by atoms with Gasteiger partial charge in [-0.1, -0.05) is 0 Å². The summed E-state index contributed by atoms with van der Waals surface area (Å²) in [7, 11) is 1.46. The van der Waals surface area contributed by atoms with Gasteiger partial charge in [0.15, 0.2) is 18.1 Å². The highest BCUT2D eigenvalue weighted by Crippen LogP contribution is 2.28. The summed E-state index contributed by atoms with van der Waals surface area (Å²) < 4.78 is 15.9. The van der Waals surface area contributed by atoms with Crippen molar-refractivity contribution < 1.29 is 23.8 Å². The van der Waals surface area contributed by atoms with E-state index in [0.717, 1.165) is 32.0 Å². The average Bonchev–Trinajstić information content (AvgIpc) is 2.73. The molecule has 1 heterocycles. The maximum absolute atomic E-state index is 12.5. The first-order chi connectivity index (χ1) is 13.6. The number of carbonyl (C=O) groups excluding carboxylic acids is 2. The third-order valence-electron chi connectivity index (χ3n) is 4.30. The van der Waals surface area contributed by atoms with Crippen molar-refractivity contribution in [3.05, 3.63) is 48.0 Å². The quantitative estimate of drug-likeness (QED) is 0.751. The monoisotopic (exact) mass is 385 g/mol.